The van der Waals surface area contributed by atoms with Crippen molar-refractivity contribution in [3.63, 3.8) is 0 Å². The van der Waals surface area contributed by atoms with Crippen LogP contribution < -0.4 is 0 Å². The molecule has 10 heteroatoms. The molecule has 0 aliphatic carbocycles. The molecule has 6 aromatic carbocycles. The van der Waals surface area contributed by atoms with Crippen LogP contribution in [0.4, 0.5) is 26.3 Å². The van der Waals surface area contributed by atoms with E-state index in [9.17, 15) is 26.3 Å². The molecule has 0 unspecified atom stereocenters. The molecule has 52 heavy (non-hydrogen) atoms. The van der Waals surface area contributed by atoms with Crippen LogP contribution in [0.2, 0.25) is 0 Å². The highest BCUT2D eigenvalue weighted by molar-refractivity contribution is 6.11. The van der Waals surface area contributed by atoms with Crippen LogP contribution >= 0.6 is 0 Å². The lowest BCUT2D eigenvalue weighted by Gasteiger charge is -2.20. The van der Waals surface area contributed by atoms with Gasteiger partial charge in [0.15, 0.2) is 0 Å². The third-order valence-corrected chi connectivity index (χ3v) is 9.43. The van der Waals surface area contributed by atoms with Crippen LogP contribution in [0, 0.1) is 0 Å². The fourth-order valence-electron chi connectivity index (χ4n) is 7.09. The molecular formula is C42H24F6N4. The summed E-state index contributed by atoms with van der Waals surface area (Å²) in [6, 6.07) is 40.3. The van der Waals surface area contributed by atoms with E-state index in [1.807, 2.05) is 106 Å². The van der Waals surface area contributed by atoms with Gasteiger partial charge in [-0.1, -0.05) is 97.1 Å². The lowest BCUT2D eigenvalue weighted by molar-refractivity contribution is -0.138. The van der Waals surface area contributed by atoms with E-state index in [4.69, 9.17) is 9.97 Å². The Morgan fingerprint density at radius 1 is 0.365 bits per heavy atom. The highest BCUT2D eigenvalue weighted by Crippen LogP contribution is 2.42. The van der Waals surface area contributed by atoms with E-state index in [0.717, 1.165) is 67.9 Å². The maximum Gasteiger partial charge on any atom is 0.416 e. The van der Waals surface area contributed by atoms with Crippen molar-refractivity contribution in [2.75, 3.05) is 0 Å². The Balaban J connectivity index is 1.46. The zero-order valence-electron chi connectivity index (χ0n) is 26.9. The number of para-hydroxylation sites is 4. The number of alkyl halides is 6. The van der Waals surface area contributed by atoms with Gasteiger partial charge in [-0.05, 0) is 48.5 Å². The lowest BCUT2D eigenvalue weighted by Crippen LogP contribution is -2.11. The minimum absolute atomic E-state index is 0.201. The molecule has 0 amide bonds. The number of benzene rings is 6. The van der Waals surface area contributed by atoms with Gasteiger partial charge >= 0.3 is 12.4 Å². The van der Waals surface area contributed by atoms with Crippen molar-refractivity contribution >= 4 is 43.6 Å². The molecule has 3 heterocycles. The van der Waals surface area contributed by atoms with Crippen LogP contribution in [-0.4, -0.2) is 19.1 Å². The SMILES string of the molecule is FC(F)(F)c1ccc(-c2nc(-n3c4ccccc4c4ccccc43)nc(-c3ccc(C(F)(F)F)cc3)c2-n2c3ccccc3c3ccccc32)cc1. The van der Waals surface area contributed by atoms with Crippen LogP contribution in [0.3, 0.4) is 0 Å². The van der Waals surface area contributed by atoms with E-state index in [2.05, 4.69) is 0 Å². The van der Waals surface area contributed by atoms with Gasteiger partial charge < -0.3 is 4.57 Å². The van der Waals surface area contributed by atoms with E-state index in [1.165, 1.54) is 24.3 Å². The third kappa shape index (κ3) is 5.01. The first-order chi connectivity index (χ1) is 25.1. The molecule has 0 bridgehead atoms. The van der Waals surface area contributed by atoms with Gasteiger partial charge in [0, 0.05) is 32.7 Å². The van der Waals surface area contributed by atoms with Crippen molar-refractivity contribution in [2.45, 2.75) is 12.4 Å². The van der Waals surface area contributed by atoms with Crippen molar-refractivity contribution in [1.29, 1.82) is 0 Å². The summed E-state index contributed by atoms with van der Waals surface area (Å²) in [6.07, 6.45) is -9.14. The zero-order chi connectivity index (χ0) is 35.8. The Bertz CT molecular complexity index is 2620. The molecule has 0 aliphatic heterocycles. The van der Waals surface area contributed by atoms with Crippen LogP contribution in [0.5, 0.6) is 0 Å². The van der Waals surface area contributed by atoms with Gasteiger partial charge in [0.2, 0.25) is 5.95 Å². The van der Waals surface area contributed by atoms with Gasteiger partial charge in [-0.25, -0.2) is 9.97 Å². The first-order valence-corrected chi connectivity index (χ1v) is 16.3. The standard InChI is InChI=1S/C42H24F6N4/c43-41(44,45)27-21-17-25(18-22-27)37-39(51-33-13-5-1-9-29(33)30-10-2-6-14-34(30)51)38(26-19-23-28(24-20-26)42(46,47)48)50-40(49-37)52-35-15-7-3-11-31(35)32-12-4-8-16-36(32)52/h1-24H. The van der Waals surface area contributed by atoms with Crippen molar-refractivity contribution in [3.8, 4) is 34.2 Å². The smallest absolute Gasteiger partial charge is 0.305 e. The minimum Gasteiger partial charge on any atom is -0.305 e. The van der Waals surface area contributed by atoms with Gasteiger partial charge in [-0.3, -0.25) is 4.57 Å². The van der Waals surface area contributed by atoms with Gasteiger partial charge in [-0.15, -0.1) is 0 Å². The first-order valence-electron chi connectivity index (χ1n) is 16.3. The maximum atomic E-state index is 13.8. The predicted octanol–water partition coefficient (Wildman–Crippen LogP) is 12.0. The topological polar surface area (TPSA) is 35.6 Å². The molecule has 0 atom stereocenters. The van der Waals surface area contributed by atoms with Gasteiger partial charge in [0.05, 0.1) is 38.9 Å². The van der Waals surface area contributed by atoms with E-state index in [0.29, 0.717) is 28.2 Å². The van der Waals surface area contributed by atoms with E-state index in [-0.39, 0.29) is 5.95 Å². The lowest BCUT2D eigenvalue weighted by atomic mass is 10.0. The van der Waals surface area contributed by atoms with Crippen LogP contribution in [-0.2, 0) is 12.4 Å². The molecule has 254 valence electrons. The summed E-state index contributed by atoms with van der Waals surface area (Å²) in [5, 5.41) is 3.67. The van der Waals surface area contributed by atoms with Gasteiger partial charge in [0.25, 0.3) is 0 Å². The summed E-state index contributed by atoms with van der Waals surface area (Å²) in [6.45, 7) is 0. The summed E-state index contributed by atoms with van der Waals surface area (Å²) in [5.74, 6) is 0.201. The molecule has 9 aromatic rings. The van der Waals surface area contributed by atoms with Gasteiger partial charge in [-0.2, -0.15) is 26.3 Å². The summed E-state index contributed by atoms with van der Waals surface area (Å²) in [7, 11) is 0. The summed E-state index contributed by atoms with van der Waals surface area (Å²) in [4.78, 5) is 10.3. The Morgan fingerprint density at radius 2 is 0.673 bits per heavy atom. The average Bonchev–Trinajstić information content (AvgIpc) is 3.67. The largest absolute Gasteiger partial charge is 0.416 e. The molecule has 0 spiro atoms. The molecule has 0 N–H and O–H groups in total. The van der Waals surface area contributed by atoms with Crippen LogP contribution in [0.15, 0.2) is 146 Å². The fraction of sp³-hybridized carbons (Fsp3) is 0.0476. The van der Waals surface area contributed by atoms with Crippen molar-refractivity contribution < 1.29 is 26.3 Å². The van der Waals surface area contributed by atoms with Crippen LogP contribution in [0.25, 0.3) is 77.8 Å². The highest BCUT2D eigenvalue weighted by Gasteiger charge is 2.32. The molecule has 0 fully saturated rings. The number of rotatable bonds is 4. The second-order valence-electron chi connectivity index (χ2n) is 12.5. The van der Waals surface area contributed by atoms with Crippen LogP contribution in [0.1, 0.15) is 11.1 Å². The predicted molar refractivity (Wildman–Crippen MR) is 192 cm³/mol. The molecule has 3 aromatic heterocycles. The quantitative estimate of drug-likeness (QED) is 0.172. The van der Waals surface area contributed by atoms with Crippen molar-refractivity contribution in [2.24, 2.45) is 0 Å². The number of hydrogen-bond donors (Lipinski definition) is 0. The van der Waals surface area contributed by atoms with E-state index in [1.54, 1.807) is 0 Å². The summed E-state index contributed by atoms with van der Waals surface area (Å²) >= 11 is 0. The molecule has 0 radical (unpaired) electrons. The Morgan fingerprint density at radius 3 is 1.00 bits per heavy atom. The molecule has 9 rings (SSSR count). The fourth-order valence-corrected chi connectivity index (χ4v) is 7.09. The first kappa shape index (κ1) is 31.6. The zero-order valence-corrected chi connectivity index (χ0v) is 26.9. The Kier molecular flexibility index (Phi) is 7.01. The molecule has 0 saturated heterocycles. The summed E-state index contributed by atoms with van der Waals surface area (Å²) < 4.78 is 86.7. The molecule has 0 aliphatic rings. The third-order valence-electron chi connectivity index (χ3n) is 9.43. The Hall–Kier alpha value is -6.42. The molecular weight excluding hydrogens is 674 g/mol. The number of fused-ring (bicyclic) bond motifs is 6. The average molecular weight is 699 g/mol. The monoisotopic (exact) mass is 698 g/mol. The van der Waals surface area contributed by atoms with Crippen molar-refractivity contribution in [3.05, 3.63) is 157 Å². The number of halogens is 6. The Labute approximate surface area is 291 Å². The maximum absolute atomic E-state index is 13.8. The second kappa shape index (κ2) is 11.6. The number of aromatic nitrogens is 4. The van der Waals surface area contributed by atoms with Crippen molar-refractivity contribution in [1.82, 2.24) is 19.1 Å². The highest BCUT2D eigenvalue weighted by atomic mass is 19.4. The normalized spacial score (nSPS) is 12.4. The minimum atomic E-state index is -4.57. The number of hydrogen-bond acceptors (Lipinski definition) is 2. The van der Waals surface area contributed by atoms with E-state index < -0.39 is 23.5 Å². The van der Waals surface area contributed by atoms with E-state index >= 15 is 0 Å². The molecule has 4 nitrogen and oxygen atoms in total. The number of nitrogens with zero attached hydrogens (tertiary/aromatic N) is 4. The molecule has 0 saturated carbocycles. The van der Waals surface area contributed by atoms with Gasteiger partial charge in [0.1, 0.15) is 11.4 Å². The summed E-state index contributed by atoms with van der Waals surface area (Å²) in [5.41, 5.74) is 3.16. The second-order valence-corrected chi connectivity index (χ2v) is 12.5.